The van der Waals surface area contributed by atoms with E-state index in [1.807, 2.05) is 13.8 Å². The van der Waals surface area contributed by atoms with E-state index in [-0.39, 0.29) is 18.0 Å². The third-order valence-corrected chi connectivity index (χ3v) is 7.45. The van der Waals surface area contributed by atoms with Gasteiger partial charge in [-0.25, -0.2) is 24.8 Å². The minimum absolute atomic E-state index is 0.263. The van der Waals surface area contributed by atoms with Crippen LogP contribution in [-0.2, 0) is 39.4 Å². The zero-order valence-electron chi connectivity index (χ0n) is 24.0. The van der Waals surface area contributed by atoms with Crippen LogP contribution < -0.4 is 10.8 Å². The molecule has 0 amide bonds. The number of nitrogens with zero attached hydrogens (tertiary/aromatic N) is 4. The zero-order chi connectivity index (χ0) is 29.2. The van der Waals surface area contributed by atoms with Crippen LogP contribution in [0.15, 0.2) is 12.7 Å². The van der Waals surface area contributed by atoms with E-state index in [0.29, 0.717) is 43.4 Å². The summed E-state index contributed by atoms with van der Waals surface area (Å²) in [5.74, 6) is -0.937. The average Bonchev–Trinajstić information content (AvgIpc) is 3.25. The predicted octanol–water partition coefficient (Wildman–Crippen LogP) is 3.81. The minimum atomic E-state index is -3.94. The molecule has 3 N–H and O–H groups in total. The van der Waals surface area contributed by atoms with E-state index in [9.17, 15) is 14.2 Å². The third kappa shape index (κ3) is 9.52. The van der Waals surface area contributed by atoms with Crippen molar-refractivity contribution in [1.82, 2.24) is 24.6 Å². The molecule has 0 bridgehead atoms. The number of hydrogen-bond acceptors (Lipinski definition) is 11. The first kappa shape index (κ1) is 32.6. The molecule has 220 valence electrons. The average molecular weight is 571 g/mol. The van der Waals surface area contributed by atoms with Gasteiger partial charge in [0.25, 0.3) is 7.52 Å². The fourth-order valence-electron chi connectivity index (χ4n) is 4.14. The number of hydrogen-bond donors (Lipinski definition) is 2. The number of nitrogens with two attached hydrogens (primary N) is 1. The number of aromatic nitrogens is 4. The first-order chi connectivity index (χ1) is 18.3. The maximum absolute atomic E-state index is 14.2. The molecular formula is C25H43N6O7P. The van der Waals surface area contributed by atoms with Crippen LogP contribution in [0.4, 0.5) is 5.82 Å². The second-order valence-electron chi connectivity index (χ2n) is 10.1. The molecule has 0 aliphatic rings. The minimum Gasteiger partial charge on any atom is -0.462 e. The van der Waals surface area contributed by atoms with Gasteiger partial charge in [0.2, 0.25) is 0 Å². The predicted molar refractivity (Wildman–Crippen MR) is 147 cm³/mol. The van der Waals surface area contributed by atoms with E-state index in [4.69, 9.17) is 24.5 Å². The Morgan fingerprint density at radius 3 is 2.28 bits per heavy atom. The van der Waals surface area contributed by atoms with E-state index in [0.717, 1.165) is 0 Å². The summed E-state index contributed by atoms with van der Waals surface area (Å²) >= 11 is 0. The second-order valence-corrected chi connectivity index (χ2v) is 12.2. The van der Waals surface area contributed by atoms with Crippen LogP contribution in [-0.4, -0.2) is 68.3 Å². The number of esters is 2. The number of nitrogens with one attached hydrogen (secondary N) is 1. The van der Waals surface area contributed by atoms with Crippen molar-refractivity contribution in [2.75, 3.05) is 18.7 Å². The molecule has 13 nitrogen and oxygen atoms in total. The smallest absolute Gasteiger partial charge is 0.332 e. The van der Waals surface area contributed by atoms with Crippen molar-refractivity contribution in [3.8, 4) is 0 Å². The summed E-state index contributed by atoms with van der Waals surface area (Å²) in [5, 5.41) is 2.98. The van der Waals surface area contributed by atoms with Crippen LogP contribution in [0.2, 0.25) is 0 Å². The van der Waals surface area contributed by atoms with Crippen LogP contribution in [0.5, 0.6) is 0 Å². The monoisotopic (exact) mass is 570 g/mol. The normalized spacial score (nSPS) is 14.5. The number of carbonyl (C=O) groups excluding carboxylic acids is 2. The molecule has 0 saturated carbocycles. The Balaban J connectivity index is 2.28. The van der Waals surface area contributed by atoms with Gasteiger partial charge in [-0.1, -0.05) is 26.7 Å². The van der Waals surface area contributed by atoms with Crippen LogP contribution in [0.3, 0.4) is 0 Å². The van der Waals surface area contributed by atoms with Crippen molar-refractivity contribution in [3.05, 3.63) is 12.7 Å². The molecule has 0 aliphatic carbocycles. The highest BCUT2D eigenvalue weighted by Crippen LogP contribution is 2.47. The summed E-state index contributed by atoms with van der Waals surface area (Å²) in [6.07, 6.45) is 3.24. The number of fused-ring (bicyclic) bond motifs is 1. The topological polar surface area (TPSA) is 170 Å². The van der Waals surface area contributed by atoms with Gasteiger partial charge in [-0.3, -0.25) is 9.36 Å². The van der Waals surface area contributed by atoms with E-state index in [1.165, 1.54) is 6.33 Å². The van der Waals surface area contributed by atoms with Crippen molar-refractivity contribution < 1.29 is 32.9 Å². The van der Waals surface area contributed by atoms with Crippen LogP contribution in [0, 0.1) is 0 Å². The van der Waals surface area contributed by atoms with Gasteiger partial charge in [-0.05, 0) is 47.5 Å². The number of carbonyl (C=O) groups is 2. The van der Waals surface area contributed by atoms with Gasteiger partial charge in [0.1, 0.15) is 23.7 Å². The Morgan fingerprint density at radius 2 is 1.69 bits per heavy atom. The summed E-state index contributed by atoms with van der Waals surface area (Å²) < 4.78 is 38.2. The molecule has 0 spiro atoms. The van der Waals surface area contributed by atoms with E-state index < -0.39 is 44.1 Å². The SMILES string of the molecule is CCCC(CCC)(NP(=O)(CO[C@H](C)Cn1cnc2c(N)ncnc21)OCC(=O)OC(C)C)C(=O)OC(C)C. The molecule has 0 aromatic carbocycles. The van der Waals surface area contributed by atoms with Gasteiger partial charge < -0.3 is 29.0 Å². The maximum atomic E-state index is 14.2. The molecule has 2 atom stereocenters. The fourth-order valence-corrected chi connectivity index (χ4v) is 6.07. The van der Waals surface area contributed by atoms with Gasteiger partial charge in [0.15, 0.2) is 18.1 Å². The largest absolute Gasteiger partial charge is 0.462 e. The lowest BCUT2D eigenvalue weighted by Crippen LogP contribution is -2.52. The first-order valence-corrected chi connectivity index (χ1v) is 15.1. The van der Waals surface area contributed by atoms with Gasteiger partial charge >= 0.3 is 11.9 Å². The molecule has 2 heterocycles. The van der Waals surface area contributed by atoms with Gasteiger partial charge in [-0.15, -0.1) is 0 Å². The summed E-state index contributed by atoms with van der Waals surface area (Å²) in [5.41, 5.74) is 5.59. The molecule has 2 rings (SSSR count). The summed E-state index contributed by atoms with van der Waals surface area (Å²) in [6, 6.07) is 0. The zero-order valence-corrected chi connectivity index (χ0v) is 24.9. The van der Waals surface area contributed by atoms with Crippen molar-refractivity contribution in [2.24, 2.45) is 0 Å². The van der Waals surface area contributed by atoms with Crippen molar-refractivity contribution in [1.29, 1.82) is 0 Å². The Kier molecular flexibility index (Phi) is 12.3. The highest BCUT2D eigenvalue weighted by molar-refractivity contribution is 7.56. The van der Waals surface area contributed by atoms with Gasteiger partial charge in [0, 0.05) is 0 Å². The Morgan fingerprint density at radius 1 is 1.05 bits per heavy atom. The van der Waals surface area contributed by atoms with Crippen molar-refractivity contribution in [3.63, 3.8) is 0 Å². The molecule has 14 heteroatoms. The summed E-state index contributed by atoms with van der Waals surface area (Å²) in [6.45, 7) is 12.3. The molecule has 0 aliphatic heterocycles. The molecule has 39 heavy (non-hydrogen) atoms. The van der Waals surface area contributed by atoms with Crippen LogP contribution in [0.1, 0.15) is 74.1 Å². The van der Waals surface area contributed by atoms with Crippen molar-refractivity contribution >= 4 is 36.4 Å². The lowest BCUT2D eigenvalue weighted by molar-refractivity contribution is -0.155. The van der Waals surface area contributed by atoms with E-state index in [1.54, 1.807) is 45.5 Å². The van der Waals surface area contributed by atoms with Crippen LogP contribution in [0.25, 0.3) is 11.2 Å². The first-order valence-electron chi connectivity index (χ1n) is 13.3. The molecular weight excluding hydrogens is 527 g/mol. The lowest BCUT2D eigenvalue weighted by Gasteiger charge is -2.36. The number of nitrogen functional groups attached to an aromatic ring is 1. The summed E-state index contributed by atoms with van der Waals surface area (Å²) in [4.78, 5) is 37.9. The number of anilines is 1. The molecule has 1 unspecified atom stereocenters. The van der Waals surface area contributed by atoms with Crippen LogP contribution >= 0.6 is 7.52 Å². The van der Waals surface area contributed by atoms with E-state index >= 15 is 0 Å². The fraction of sp³-hybridized carbons (Fsp3) is 0.720. The van der Waals surface area contributed by atoms with Gasteiger partial charge in [0.05, 0.1) is 31.2 Å². The van der Waals surface area contributed by atoms with E-state index in [2.05, 4.69) is 20.0 Å². The number of ether oxygens (including phenoxy) is 3. The number of rotatable bonds is 17. The highest BCUT2D eigenvalue weighted by Gasteiger charge is 2.45. The lowest BCUT2D eigenvalue weighted by atomic mass is 9.90. The molecule has 0 radical (unpaired) electrons. The molecule has 2 aromatic rings. The maximum Gasteiger partial charge on any atom is 0.332 e. The highest BCUT2D eigenvalue weighted by atomic mass is 31.2. The quantitative estimate of drug-likeness (QED) is 0.209. The molecule has 0 fully saturated rings. The molecule has 0 saturated heterocycles. The standard InChI is InChI=1S/C25H43N6O7P/c1-8-10-25(11-9-2,24(33)38-18(5)6)30-39(34,36-13-20(32)37-17(3)4)16-35-19(7)12-31-15-29-21-22(26)27-14-28-23(21)31/h14-15,17-19H,8-13,16H2,1-7H3,(H,30,34)(H2,26,27,28)/t19-,39?/m1/s1. The molecule has 2 aromatic heterocycles. The van der Waals surface area contributed by atoms with Gasteiger partial charge in [-0.2, -0.15) is 0 Å². The Bertz CT molecular complexity index is 1130. The second kappa shape index (κ2) is 14.7. The Labute approximate surface area is 230 Å². The Hall–Kier alpha value is -2.60. The summed E-state index contributed by atoms with van der Waals surface area (Å²) in [7, 11) is -3.94. The van der Waals surface area contributed by atoms with Crippen molar-refractivity contribution in [2.45, 2.75) is 105 Å². The third-order valence-electron chi connectivity index (χ3n) is 5.64. The number of imidazole rings is 1.